The van der Waals surface area contributed by atoms with Crippen molar-refractivity contribution in [2.24, 2.45) is 5.73 Å². The zero-order valence-corrected chi connectivity index (χ0v) is 12.9. The largest absolute Gasteiger partial charge is 0.508 e. The molecule has 22 heavy (non-hydrogen) atoms. The number of aromatic hydroxyl groups is 1. The maximum atomic E-state index is 12.5. The number of nitrogens with two attached hydrogens (primary N) is 1. The summed E-state index contributed by atoms with van der Waals surface area (Å²) < 4.78 is 0. The van der Waals surface area contributed by atoms with Gasteiger partial charge in [0.15, 0.2) is 0 Å². The summed E-state index contributed by atoms with van der Waals surface area (Å²) >= 11 is 1.60. The van der Waals surface area contributed by atoms with E-state index in [-0.39, 0.29) is 22.9 Å². The van der Waals surface area contributed by atoms with Crippen molar-refractivity contribution in [1.82, 2.24) is 0 Å². The van der Waals surface area contributed by atoms with Gasteiger partial charge in [-0.15, -0.1) is 11.8 Å². The monoisotopic (exact) mass is 314 g/mol. The van der Waals surface area contributed by atoms with Gasteiger partial charge in [0, 0.05) is 18.0 Å². The third-order valence-corrected chi connectivity index (χ3v) is 5.02. The van der Waals surface area contributed by atoms with E-state index in [1.165, 1.54) is 0 Å². The third kappa shape index (κ3) is 2.69. The number of anilines is 1. The average molecular weight is 314 g/mol. The van der Waals surface area contributed by atoms with Crippen LogP contribution in [0.3, 0.4) is 0 Å². The summed E-state index contributed by atoms with van der Waals surface area (Å²) in [5.41, 5.74) is 7.49. The lowest BCUT2D eigenvalue weighted by atomic mass is 9.92. The summed E-state index contributed by atoms with van der Waals surface area (Å²) in [7, 11) is 0. The third-order valence-electron chi connectivity index (χ3n) is 3.73. The van der Waals surface area contributed by atoms with Crippen molar-refractivity contribution < 1.29 is 9.90 Å². The Morgan fingerprint density at radius 3 is 2.41 bits per heavy atom. The van der Waals surface area contributed by atoms with Crippen molar-refractivity contribution in [3.05, 3.63) is 60.2 Å². The highest BCUT2D eigenvalue weighted by Gasteiger charge is 2.48. The molecule has 5 heteroatoms. The van der Waals surface area contributed by atoms with Crippen molar-refractivity contribution in [3.8, 4) is 5.75 Å². The first-order chi connectivity index (χ1) is 10.7. The molecule has 4 nitrogen and oxygen atoms in total. The molecule has 2 atom stereocenters. The van der Waals surface area contributed by atoms with Crippen LogP contribution in [0.1, 0.15) is 11.6 Å². The number of β-lactam (4-membered cyclic amide) rings is 1. The van der Waals surface area contributed by atoms with Gasteiger partial charge in [0.2, 0.25) is 5.91 Å². The quantitative estimate of drug-likeness (QED) is 0.832. The van der Waals surface area contributed by atoms with Crippen LogP contribution in [0.25, 0.3) is 0 Å². The molecule has 1 heterocycles. The first-order valence-electron chi connectivity index (χ1n) is 7.21. The van der Waals surface area contributed by atoms with Crippen LogP contribution in [0.15, 0.2) is 54.6 Å². The fraction of sp³-hybridized carbons (Fsp3) is 0.235. The van der Waals surface area contributed by atoms with E-state index in [0.29, 0.717) is 6.54 Å². The molecule has 0 aliphatic carbocycles. The number of carbonyl (C=O) groups is 1. The molecule has 1 fully saturated rings. The van der Waals surface area contributed by atoms with Gasteiger partial charge >= 0.3 is 0 Å². The first kappa shape index (κ1) is 14.9. The van der Waals surface area contributed by atoms with Crippen LogP contribution in [0.2, 0.25) is 0 Å². The minimum atomic E-state index is -0.117. The standard InChI is InChI=1S/C17H18N2O2S/c18-10-11-22-16-15(12-6-8-14(20)9-7-12)19(17(16)21)13-4-2-1-3-5-13/h1-9,15-16,20H,10-11,18H2/t15-,16+/m1/s1. The van der Waals surface area contributed by atoms with E-state index in [1.807, 2.05) is 47.4 Å². The number of nitrogens with zero attached hydrogens (tertiary/aromatic N) is 1. The van der Waals surface area contributed by atoms with Gasteiger partial charge in [0.25, 0.3) is 0 Å². The zero-order chi connectivity index (χ0) is 15.5. The van der Waals surface area contributed by atoms with Crippen LogP contribution >= 0.6 is 11.8 Å². The van der Waals surface area contributed by atoms with Gasteiger partial charge in [-0.1, -0.05) is 30.3 Å². The Bertz CT molecular complexity index is 645. The molecule has 1 aliphatic rings. The summed E-state index contributed by atoms with van der Waals surface area (Å²) in [6, 6.07) is 16.7. The van der Waals surface area contributed by atoms with Crippen LogP contribution in [0, 0.1) is 0 Å². The van der Waals surface area contributed by atoms with Gasteiger partial charge in [0.05, 0.1) is 6.04 Å². The summed E-state index contributed by atoms with van der Waals surface area (Å²) in [5.74, 6) is 1.10. The minimum Gasteiger partial charge on any atom is -0.508 e. The zero-order valence-electron chi connectivity index (χ0n) is 12.1. The average Bonchev–Trinajstić information content (AvgIpc) is 2.55. The van der Waals surface area contributed by atoms with Gasteiger partial charge in [-0.3, -0.25) is 4.79 Å². The lowest BCUT2D eigenvalue weighted by Crippen LogP contribution is -2.57. The highest BCUT2D eigenvalue weighted by molar-refractivity contribution is 8.00. The molecular weight excluding hydrogens is 296 g/mol. The van der Waals surface area contributed by atoms with Crippen LogP contribution in [-0.2, 0) is 4.79 Å². The van der Waals surface area contributed by atoms with E-state index in [4.69, 9.17) is 5.73 Å². The molecule has 0 aromatic heterocycles. The Morgan fingerprint density at radius 2 is 1.77 bits per heavy atom. The fourth-order valence-corrected chi connectivity index (χ4v) is 3.80. The van der Waals surface area contributed by atoms with Crippen LogP contribution in [-0.4, -0.2) is 28.6 Å². The number of para-hydroxylation sites is 1. The second-order valence-electron chi connectivity index (χ2n) is 5.16. The lowest BCUT2D eigenvalue weighted by Gasteiger charge is -2.47. The molecule has 3 N–H and O–H groups in total. The predicted octanol–water partition coefficient (Wildman–Crippen LogP) is 2.54. The number of phenols is 1. The summed E-state index contributed by atoms with van der Waals surface area (Å²) in [6.07, 6.45) is 0. The first-order valence-corrected chi connectivity index (χ1v) is 8.26. The van der Waals surface area contributed by atoms with Gasteiger partial charge < -0.3 is 15.7 Å². The molecule has 0 unspecified atom stereocenters. The summed E-state index contributed by atoms with van der Waals surface area (Å²) in [5, 5.41) is 9.35. The number of rotatable bonds is 5. The van der Waals surface area contributed by atoms with Crippen molar-refractivity contribution in [2.75, 3.05) is 17.2 Å². The number of benzene rings is 2. The van der Waals surface area contributed by atoms with Gasteiger partial charge in [-0.2, -0.15) is 0 Å². The normalized spacial score (nSPS) is 20.8. The SMILES string of the molecule is NCCS[C@@H]1C(=O)N(c2ccccc2)[C@@H]1c1ccc(O)cc1. The highest BCUT2D eigenvalue weighted by Crippen LogP contribution is 2.45. The van der Waals surface area contributed by atoms with Crippen molar-refractivity contribution >= 4 is 23.4 Å². The molecule has 114 valence electrons. The van der Waals surface area contributed by atoms with E-state index >= 15 is 0 Å². The summed E-state index contributed by atoms with van der Waals surface area (Å²) in [6.45, 7) is 0.558. The smallest absolute Gasteiger partial charge is 0.243 e. The molecule has 0 spiro atoms. The molecule has 1 amide bonds. The molecular formula is C17H18N2O2S. The van der Waals surface area contributed by atoms with Crippen molar-refractivity contribution in [3.63, 3.8) is 0 Å². The van der Waals surface area contributed by atoms with E-state index < -0.39 is 0 Å². The van der Waals surface area contributed by atoms with E-state index in [2.05, 4.69) is 0 Å². The molecule has 0 saturated carbocycles. The van der Waals surface area contributed by atoms with Gasteiger partial charge in [0.1, 0.15) is 11.0 Å². The van der Waals surface area contributed by atoms with Gasteiger partial charge in [-0.05, 0) is 29.8 Å². The van der Waals surface area contributed by atoms with Crippen LogP contribution < -0.4 is 10.6 Å². The Labute approximate surface area is 133 Å². The maximum absolute atomic E-state index is 12.5. The molecule has 0 radical (unpaired) electrons. The van der Waals surface area contributed by atoms with Crippen LogP contribution in [0.5, 0.6) is 5.75 Å². The maximum Gasteiger partial charge on any atom is 0.243 e. The molecule has 1 aliphatic heterocycles. The minimum absolute atomic E-state index is 0.0213. The van der Waals surface area contributed by atoms with E-state index in [0.717, 1.165) is 17.0 Å². The number of carbonyl (C=O) groups excluding carboxylic acids is 1. The van der Waals surface area contributed by atoms with Crippen LogP contribution in [0.4, 0.5) is 5.69 Å². The Morgan fingerprint density at radius 1 is 1.09 bits per heavy atom. The lowest BCUT2D eigenvalue weighted by molar-refractivity contribution is -0.123. The fourth-order valence-electron chi connectivity index (χ4n) is 2.69. The number of amides is 1. The highest BCUT2D eigenvalue weighted by atomic mass is 32.2. The Kier molecular flexibility index (Phi) is 4.36. The Hall–Kier alpha value is -1.98. The van der Waals surface area contributed by atoms with Crippen molar-refractivity contribution in [1.29, 1.82) is 0 Å². The van der Waals surface area contributed by atoms with Crippen molar-refractivity contribution in [2.45, 2.75) is 11.3 Å². The van der Waals surface area contributed by atoms with Gasteiger partial charge in [-0.25, -0.2) is 0 Å². The van der Waals surface area contributed by atoms with E-state index in [1.54, 1.807) is 23.9 Å². The predicted molar refractivity (Wildman–Crippen MR) is 90.1 cm³/mol. The number of thioether (sulfide) groups is 1. The topological polar surface area (TPSA) is 66.6 Å². The number of hydrogen-bond donors (Lipinski definition) is 2. The number of phenolic OH excluding ortho intramolecular Hbond substituents is 1. The molecule has 2 aromatic carbocycles. The molecule has 1 saturated heterocycles. The number of hydrogen-bond acceptors (Lipinski definition) is 4. The molecule has 3 rings (SSSR count). The summed E-state index contributed by atoms with van der Waals surface area (Å²) in [4.78, 5) is 14.4. The molecule has 0 bridgehead atoms. The molecule has 2 aromatic rings. The second-order valence-corrected chi connectivity index (χ2v) is 6.41. The van der Waals surface area contributed by atoms with E-state index in [9.17, 15) is 9.90 Å². The Balaban J connectivity index is 1.92. The second kappa shape index (κ2) is 6.42.